The second kappa shape index (κ2) is 8.61. The van der Waals surface area contributed by atoms with Gasteiger partial charge in [-0.15, -0.1) is 0 Å². The Morgan fingerprint density at radius 3 is 2.66 bits per heavy atom. The van der Waals surface area contributed by atoms with Crippen LogP contribution in [0.2, 0.25) is 0 Å². The van der Waals surface area contributed by atoms with E-state index in [4.69, 9.17) is 4.74 Å². The minimum absolute atomic E-state index is 0.0842. The summed E-state index contributed by atoms with van der Waals surface area (Å²) < 4.78 is 6.68. The fourth-order valence-electron chi connectivity index (χ4n) is 3.55. The molecule has 7 nitrogen and oxygen atoms in total. The molecule has 0 fully saturated rings. The number of aromatic amines is 1. The molecule has 0 spiro atoms. The number of H-pyrrole nitrogens is 1. The molecule has 154 valence electrons. The number of methoxy groups -OCH3 is 1. The molecule has 1 amide bonds. The number of aromatic nitrogens is 3. The van der Waals surface area contributed by atoms with E-state index in [0.717, 1.165) is 16.7 Å². The number of rotatable bonds is 7. The number of nitrogens with zero attached hydrogens (tertiary/aromatic N) is 2. The van der Waals surface area contributed by atoms with E-state index in [0.29, 0.717) is 24.5 Å². The number of hydrogen-bond acceptors (Lipinski definition) is 4. The molecule has 3 rings (SSSR count). The topological polar surface area (TPSA) is 89.0 Å². The summed E-state index contributed by atoms with van der Waals surface area (Å²) in [5, 5.41) is 3.02. The van der Waals surface area contributed by atoms with Gasteiger partial charge in [-0.2, -0.15) is 0 Å². The Morgan fingerprint density at radius 2 is 2.00 bits per heavy atom. The third kappa shape index (κ3) is 4.24. The summed E-state index contributed by atoms with van der Waals surface area (Å²) >= 11 is 0. The molecule has 0 bridgehead atoms. The lowest BCUT2D eigenvalue weighted by Gasteiger charge is -2.21. The van der Waals surface area contributed by atoms with E-state index < -0.39 is 5.91 Å². The molecular weight excluding hydrogens is 368 g/mol. The number of imidazole rings is 1. The van der Waals surface area contributed by atoms with Crippen LogP contribution in [0.1, 0.15) is 47.3 Å². The molecule has 1 atom stereocenters. The minimum Gasteiger partial charge on any atom is -0.383 e. The van der Waals surface area contributed by atoms with Crippen LogP contribution in [-0.4, -0.2) is 34.2 Å². The molecule has 7 heteroatoms. The van der Waals surface area contributed by atoms with Crippen molar-refractivity contribution in [2.45, 2.75) is 40.3 Å². The number of nitrogens with one attached hydrogen (secondary N) is 2. The molecule has 3 aromatic rings. The van der Waals surface area contributed by atoms with E-state index in [2.05, 4.69) is 15.3 Å². The lowest BCUT2D eigenvalue weighted by molar-refractivity contribution is 0.0920. The zero-order valence-corrected chi connectivity index (χ0v) is 17.6. The van der Waals surface area contributed by atoms with Crippen LogP contribution in [0.5, 0.6) is 0 Å². The Hall–Kier alpha value is -2.93. The number of pyridine rings is 1. The van der Waals surface area contributed by atoms with Gasteiger partial charge in [-0.05, 0) is 43.5 Å². The summed E-state index contributed by atoms with van der Waals surface area (Å²) in [7, 11) is 1.59. The molecule has 0 aliphatic rings. The second-order valence-corrected chi connectivity index (χ2v) is 7.63. The minimum atomic E-state index is -0.391. The van der Waals surface area contributed by atoms with Gasteiger partial charge in [0.2, 0.25) is 0 Å². The van der Waals surface area contributed by atoms with Crippen molar-refractivity contribution >= 4 is 16.9 Å². The third-order valence-electron chi connectivity index (χ3n) is 5.11. The highest BCUT2D eigenvalue weighted by atomic mass is 16.5. The molecule has 0 aliphatic heterocycles. The maximum absolute atomic E-state index is 13.1. The number of aryl methyl sites for hydroxylation is 2. The molecule has 2 heterocycles. The summed E-state index contributed by atoms with van der Waals surface area (Å²) in [5.74, 6) is 0.373. The first kappa shape index (κ1) is 20.8. The van der Waals surface area contributed by atoms with E-state index in [-0.39, 0.29) is 23.1 Å². The third-order valence-corrected chi connectivity index (χ3v) is 5.11. The van der Waals surface area contributed by atoms with Crippen molar-refractivity contribution in [2.24, 2.45) is 5.92 Å². The van der Waals surface area contributed by atoms with Gasteiger partial charge in [0.05, 0.1) is 23.7 Å². The summed E-state index contributed by atoms with van der Waals surface area (Å²) in [5.41, 5.74) is 3.08. The van der Waals surface area contributed by atoms with Gasteiger partial charge in [0.1, 0.15) is 11.4 Å². The first-order chi connectivity index (χ1) is 13.8. The summed E-state index contributed by atoms with van der Waals surface area (Å²) in [4.78, 5) is 34.1. The van der Waals surface area contributed by atoms with Crippen molar-refractivity contribution in [2.75, 3.05) is 13.7 Å². The Morgan fingerprint density at radius 1 is 1.28 bits per heavy atom. The smallest absolute Gasteiger partial charge is 0.263 e. The van der Waals surface area contributed by atoms with E-state index in [1.165, 1.54) is 0 Å². The van der Waals surface area contributed by atoms with E-state index in [9.17, 15) is 9.59 Å². The molecule has 0 aliphatic carbocycles. The van der Waals surface area contributed by atoms with Gasteiger partial charge in [-0.1, -0.05) is 26.0 Å². The first-order valence-electron chi connectivity index (χ1n) is 9.79. The monoisotopic (exact) mass is 396 g/mol. The molecule has 0 radical (unpaired) electrons. The van der Waals surface area contributed by atoms with Crippen LogP contribution >= 0.6 is 0 Å². The predicted molar refractivity (Wildman–Crippen MR) is 113 cm³/mol. The molecule has 0 saturated carbocycles. The summed E-state index contributed by atoms with van der Waals surface area (Å²) in [6.07, 6.45) is 0. The number of carbonyl (C=O) groups is 1. The van der Waals surface area contributed by atoms with Gasteiger partial charge in [-0.25, -0.2) is 4.98 Å². The Kier molecular flexibility index (Phi) is 6.17. The van der Waals surface area contributed by atoms with E-state index in [1.807, 2.05) is 51.1 Å². The largest absolute Gasteiger partial charge is 0.383 e. The Bertz CT molecular complexity index is 1050. The van der Waals surface area contributed by atoms with Gasteiger partial charge in [-0.3, -0.25) is 9.59 Å². The van der Waals surface area contributed by atoms with Crippen molar-refractivity contribution in [1.82, 2.24) is 19.9 Å². The quantitative estimate of drug-likeness (QED) is 0.642. The van der Waals surface area contributed by atoms with Crippen LogP contribution < -0.4 is 10.9 Å². The van der Waals surface area contributed by atoms with E-state index in [1.54, 1.807) is 18.6 Å². The van der Waals surface area contributed by atoms with Crippen LogP contribution in [0, 0.1) is 19.8 Å². The number of ether oxygens (including phenoxy) is 1. The van der Waals surface area contributed by atoms with Gasteiger partial charge in [0.25, 0.3) is 11.5 Å². The van der Waals surface area contributed by atoms with Gasteiger partial charge >= 0.3 is 0 Å². The van der Waals surface area contributed by atoms with Crippen molar-refractivity contribution < 1.29 is 9.53 Å². The fourth-order valence-corrected chi connectivity index (χ4v) is 3.55. The van der Waals surface area contributed by atoms with Crippen molar-refractivity contribution in [1.29, 1.82) is 0 Å². The zero-order chi connectivity index (χ0) is 21.1. The number of carbonyl (C=O) groups excluding carboxylic acids is 1. The van der Waals surface area contributed by atoms with Crippen LogP contribution in [0.4, 0.5) is 0 Å². The molecule has 0 unspecified atom stereocenters. The highest BCUT2D eigenvalue weighted by Crippen LogP contribution is 2.23. The highest BCUT2D eigenvalue weighted by Gasteiger charge is 2.25. The van der Waals surface area contributed by atoms with Crippen LogP contribution in [-0.2, 0) is 11.3 Å². The molecular formula is C22H28N4O3. The lowest BCUT2D eigenvalue weighted by Crippen LogP contribution is -2.39. The van der Waals surface area contributed by atoms with Crippen molar-refractivity contribution in [3.8, 4) is 0 Å². The van der Waals surface area contributed by atoms with E-state index >= 15 is 0 Å². The number of hydrogen-bond donors (Lipinski definition) is 2. The van der Waals surface area contributed by atoms with Crippen LogP contribution in [0.15, 0.2) is 35.1 Å². The Labute approximate surface area is 170 Å². The van der Waals surface area contributed by atoms with Crippen molar-refractivity contribution in [3.05, 3.63) is 63.3 Å². The van der Waals surface area contributed by atoms with Gasteiger partial charge in [0.15, 0.2) is 0 Å². The van der Waals surface area contributed by atoms with Gasteiger partial charge in [0, 0.05) is 19.3 Å². The summed E-state index contributed by atoms with van der Waals surface area (Å²) in [6.45, 7) is 8.47. The van der Waals surface area contributed by atoms with Crippen LogP contribution in [0.25, 0.3) is 11.0 Å². The Balaban J connectivity index is 1.95. The number of fused-ring (bicyclic) bond motifs is 1. The fraction of sp³-hybridized carbons (Fsp3) is 0.409. The maximum atomic E-state index is 13.1. The normalized spacial score (nSPS) is 12.5. The molecule has 1 aromatic carbocycles. The molecule has 2 aromatic heterocycles. The molecule has 29 heavy (non-hydrogen) atoms. The number of benzene rings is 1. The predicted octanol–water partition coefficient (Wildman–Crippen LogP) is 3.11. The SMILES string of the molecule is COCCn1c(C)cc(C)c(C(=O)N[C@@H](c2nc3ccccc3[nH]2)C(C)C)c1=O. The number of para-hydroxylation sites is 2. The standard InChI is InChI=1S/C22H28N4O3/c1-13(2)19(20-23-16-8-6-7-9-17(16)24-20)25-21(27)18-14(3)12-15(4)26(22(18)28)10-11-29-5/h6-9,12-13,19H,10-11H2,1-5H3,(H,23,24)(H,25,27)/t19-/m1/s1. The van der Waals surface area contributed by atoms with Gasteiger partial charge < -0.3 is 19.6 Å². The summed E-state index contributed by atoms with van der Waals surface area (Å²) in [6, 6.07) is 9.25. The van der Waals surface area contributed by atoms with Crippen molar-refractivity contribution in [3.63, 3.8) is 0 Å². The average molecular weight is 396 g/mol. The molecule has 2 N–H and O–H groups in total. The lowest BCUT2D eigenvalue weighted by atomic mass is 10.0. The average Bonchev–Trinajstić information content (AvgIpc) is 3.09. The number of amides is 1. The van der Waals surface area contributed by atoms with Crippen LogP contribution in [0.3, 0.4) is 0 Å². The maximum Gasteiger partial charge on any atom is 0.263 e. The highest BCUT2D eigenvalue weighted by molar-refractivity contribution is 5.95. The second-order valence-electron chi connectivity index (χ2n) is 7.63. The molecule has 0 saturated heterocycles. The first-order valence-corrected chi connectivity index (χ1v) is 9.79. The zero-order valence-electron chi connectivity index (χ0n) is 17.6.